The number of nitrogens with zero attached hydrogens (tertiary/aromatic N) is 4. The van der Waals surface area contributed by atoms with Crippen LogP contribution in [0.15, 0.2) is 76.6 Å². The number of aliphatic imine (C=N–C) groups is 1. The van der Waals surface area contributed by atoms with E-state index < -0.39 is 0 Å². The molecule has 0 saturated heterocycles. The molecule has 0 bridgehead atoms. The smallest absolute Gasteiger partial charge is 0.283 e. The van der Waals surface area contributed by atoms with Gasteiger partial charge < -0.3 is 4.74 Å². The molecule has 1 N–H and O–H groups in total. The van der Waals surface area contributed by atoms with Crippen molar-refractivity contribution in [2.75, 3.05) is 7.11 Å². The summed E-state index contributed by atoms with van der Waals surface area (Å²) in [7, 11) is 1.62. The van der Waals surface area contributed by atoms with Gasteiger partial charge in [-0.1, -0.05) is 29.5 Å². The maximum Gasteiger partial charge on any atom is 0.283 e. The molecule has 3 aromatic heterocycles. The molecule has 0 saturated carbocycles. The van der Waals surface area contributed by atoms with Crippen LogP contribution in [0.3, 0.4) is 0 Å². The van der Waals surface area contributed by atoms with Crippen LogP contribution >= 0.6 is 11.3 Å². The number of aromatic nitrogens is 4. The van der Waals surface area contributed by atoms with Crippen LogP contribution in [0.2, 0.25) is 0 Å². The maximum absolute atomic E-state index is 13.7. The van der Waals surface area contributed by atoms with Gasteiger partial charge in [-0.15, -0.1) is 0 Å². The fraction of sp³-hybridized carbons (Fsp3) is 0.120. The summed E-state index contributed by atoms with van der Waals surface area (Å²) < 4.78 is 7.79. The summed E-state index contributed by atoms with van der Waals surface area (Å²) in [6, 6.07) is 19.2. The van der Waals surface area contributed by atoms with Crippen LogP contribution in [-0.2, 0) is 0 Å². The van der Waals surface area contributed by atoms with E-state index in [0.717, 1.165) is 27.1 Å². The molecule has 0 radical (unpaired) electrons. The third kappa shape index (κ3) is 3.85. The molecule has 33 heavy (non-hydrogen) atoms. The maximum atomic E-state index is 13.7. The minimum absolute atomic E-state index is 0.213. The fourth-order valence-electron chi connectivity index (χ4n) is 3.64. The van der Waals surface area contributed by atoms with Gasteiger partial charge in [-0.25, -0.2) is 15.0 Å². The van der Waals surface area contributed by atoms with Gasteiger partial charge in [0.25, 0.3) is 5.56 Å². The Labute approximate surface area is 194 Å². The van der Waals surface area contributed by atoms with Crippen LogP contribution in [0.4, 0.5) is 5.82 Å². The fourth-order valence-corrected chi connectivity index (χ4v) is 4.56. The van der Waals surface area contributed by atoms with Crippen molar-refractivity contribution in [2.24, 2.45) is 4.99 Å². The molecule has 0 aliphatic rings. The van der Waals surface area contributed by atoms with Crippen molar-refractivity contribution in [2.45, 2.75) is 13.8 Å². The Balaban J connectivity index is 1.72. The Morgan fingerprint density at radius 3 is 2.61 bits per heavy atom. The number of hydrogen-bond acceptors (Lipinski definition) is 6. The molecule has 0 atom stereocenters. The zero-order chi connectivity index (χ0) is 22.9. The van der Waals surface area contributed by atoms with E-state index in [1.807, 2.05) is 74.5 Å². The summed E-state index contributed by atoms with van der Waals surface area (Å²) in [5.74, 6) is 1.32. The quantitative estimate of drug-likeness (QED) is 0.365. The van der Waals surface area contributed by atoms with E-state index in [0.29, 0.717) is 27.9 Å². The van der Waals surface area contributed by atoms with Gasteiger partial charge in [0.1, 0.15) is 5.75 Å². The van der Waals surface area contributed by atoms with E-state index in [-0.39, 0.29) is 5.56 Å². The van der Waals surface area contributed by atoms with E-state index >= 15 is 0 Å². The van der Waals surface area contributed by atoms with Gasteiger partial charge >= 0.3 is 0 Å². The van der Waals surface area contributed by atoms with E-state index in [1.54, 1.807) is 13.3 Å². The third-order valence-corrected chi connectivity index (χ3v) is 6.38. The first kappa shape index (κ1) is 20.8. The van der Waals surface area contributed by atoms with Crippen LogP contribution in [0.1, 0.15) is 18.1 Å². The van der Waals surface area contributed by atoms with Gasteiger partial charge in [0.2, 0.25) is 5.13 Å². The third-order valence-electron chi connectivity index (χ3n) is 5.36. The van der Waals surface area contributed by atoms with E-state index in [2.05, 4.69) is 20.1 Å². The number of aryl methyl sites for hydroxylation is 1. The lowest BCUT2D eigenvalue weighted by atomic mass is 10.0. The highest BCUT2D eigenvalue weighted by molar-refractivity contribution is 7.20. The van der Waals surface area contributed by atoms with Gasteiger partial charge in [0.05, 0.1) is 34.3 Å². The first-order chi connectivity index (χ1) is 16.0. The van der Waals surface area contributed by atoms with Crippen LogP contribution in [0.25, 0.3) is 26.6 Å². The summed E-state index contributed by atoms with van der Waals surface area (Å²) in [5.41, 5.74) is 4.13. The molecule has 0 unspecified atom stereocenters. The Hall–Kier alpha value is -4.04. The van der Waals surface area contributed by atoms with Crippen LogP contribution in [0, 0.1) is 6.92 Å². The number of H-pyrrole nitrogens is 1. The highest BCUT2D eigenvalue weighted by atomic mass is 32.1. The van der Waals surface area contributed by atoms with E-state index in [4.69, 9.17) is 4.74 Å². The number of thiazole rings is 1. The van der Waals surface area contributed by atoms with E-state index in [9.17, 15) is 4.79 Å². The number of para-hydroxylation sites is 1. The Morgan fingerprint density at radius 2 is 1.88 bits per heavy atom. The second kappa shape index (κ2) is 8.48. The molecule has 8 heteroatoms. The number of hydrogen-bond donors (Lipinski definition) is 1. The lowest BCUT2D eigenvalue weighted by Gasteiger charge is -2.05. The molecule has 5 rings (SSSR count). The number of nitrogens with one attached hydrogen (secondary N) is 1. The number of ether oxygens (including phenoxy) is 1. The Bertz CT molecular complexity index is 1510. The largest absolute Gasteiger partial charge is 0.497 e. The average Bonchev–Trinajstić information content (AvgIpc) is 3.41. The van der Waals surface area contributed by atoms with Gasteiger partial charge in [0.15, 0.2) is 5.82 Å². The van der Waals surface area contributed by atoms with Gasteiger partial charge in [-0.05, 0) is 61.9 Å². The normalized spacial score (nSPS) is 11.8. The number of rotatable bonds is 5. The standard InChI is InChI=1S/C25H21N5O2S/c1-15-7-6-14-26-23(15)27-16(2)21-22(17-10-12-18(32-3)13-11-17)29-30(24(21)31)25-28-19-8-4-5-9-20(19)33-25/h4-14,29H,1-3H3. The highest BCUT2D eigenvalue weighted by Crippen LogP contribution is 2.28. The van der Waals surface area contributed by atoms with Crippen molar-refractivity contribution in [1.82, 2.24) is 19.7 Å². The van der Waals surface area contributed by atoms with Crippen molar-refractivity contribution < 1.29 is 4.74 Å². The molecule has 0 fully saturated rings. The zero-order valence-electron chi connectivity index (χ0n) is 18.4. The molecule has 0 aliphatic carbocycles. The predicted molar refractivity (Wildman–Crippen MR) is 132 cm³/mol. The second-order valence-corrected chi connectivity index (χ2v) is 8.55. The van der Waals surface area contributed by atoms with Crippen LogP contribution < -0.4 is 10.3 Å². The monoisotopic (exact) mass is 455 g/mol. The summed E-state index contributed by atoms with van der Waals surface area (Å²) in [6.07, 6.45) is 1.69. The van der Waals surface area contributed by atoms with Crippen molar-refractivity contribution >= 4 is 33.1 Å². The summed E-state index contributed by atoms with van der Waals surface area (Å²) >= 11 is 1.45. The first-order valence-corrected chi connectivity index (χ1v) is 11.2. The zero-order valence-corrected chi connectivity index (χ0v) is 19.2. The van der Waals surface area contributed by atoms with Crippen molar-refractivity contribution in [3.8, 4) is 22.1 Å². The Morgan fingerprint density at radius 1 is 1.09 bits per heavy atom. The molecule has 0 aliphatic heterocycles. The number of methoxy groups -OCH3 is 1. The molecule has 0 amide bonds. The van der Waals surface area contributed by atoms with Gasteiger partial charge in [0, 0.05) is 11.8 Å². The summed E-state index contributed by atoms with van der Waals surface area (Å²) in [4.78, 5) is 27.4. The molecule has 164 valence electrons. The molecule has 3 heterocycles. The van der Waals surface area contributed by atoms with Crippen molar-refractivity contribution in [1.29, 1.82) is 0 Å². The summed E-state index contributed by atoms with van der Waals surface area (Å²) in [5, 5.41) is 3.85. The van der Waals surface area contributed by atoms with Gasteiger partial charge in [-0.2, -0.15) is 4.68 Å². The van der Waals surface area contributed by atoms with Crippen molar-refractivity contribution in [3.63, 3.8) is 0 Å². The molecular weight excluding hydrogens is 434 g/mol. The predicted octanol–water partition coefficient (Wildman–Crippen LogP) is 5.30. The SMILES string of the molecule is COc1ccc(-c2[nH]n(-c3nc4ccccc4s3)c(=O)c2C(C)=Nc2ncccc2C)cc1. The number of pyridine rings is 1. The van der Waals surface area contributed by atoms with Crippen LogP contribution in [0.5, 0.6) is 5.75 Å². The minimum Gasteiger partial charge on any atom is -0.497 e. The lowest BCUT2D eigenvalue weighted by molar-refractivity contribution is 0.415. The molecular formula is C25H21N5O2S. The van der Waals surface area contributed by atoms with E-state index in [1.165, 1.54) is 16.0 Å². The van der Waals surface area contributed by atoms with Crippen LogP contribution in [-0.4, -0.2) is 32.6 Å². The first-order valence-electron chi connectivity index (χ1n) is 10.4. The topological polar surface area (TPSA) is 85.2 Å². The van der Waals surface area contributed by atoms with Gasteiger partial charge in [-0.3, -0.25) is 9.89 Å². The van der Waals surface area contributed by atoms with Crippen molar-refractivity contribution in [3.05, 3.63) is 88.3 Å². The number of benzene rings is 2. The molecule has 2 aromatic carbocycles. The number of fused-ring (bicyclic) bond motifs is 1. The highest BCUT2D eigenvalue weighted by Gasteiger charge is 2.21. The molecule has 7 nitrogen and oxygen atoms in total. The molecule has 0 spiro atoms. The second-order valence-electron chi connectivity index (χ2n) is 7.54. The minimum atomic E-state index is -0.213. The summed E-state index contributed by atoms with van der Waals surface area (Å²) in [6.45, 7) is 3.77. The molecule has 5 aromatic rings. The number of aromatic amines is 1. The average molecular weight is 456 g/mol. The lowest BCUT2D eigenvalue weighted by Crippen LogP contribution is -2.19. The Kier molecular flexibility index (Phi) is 5.35.